The number of aromatic carboxylic acids is 1. The largest absolute Gasteiger partial charge is 0.478 e. The standard InChI is InChI=1S/C21H27N3O3/c1-4-15-5-9-17(10-6-15)19(24(2)3)14-23-21(27)22-13-16-7-11-18(12-8-16)20(25)26/h5-12,19H,4,13-14H2,1-3H3,(H,25,26)(H2,22,23,27). The Hall–Kier alpha value is -2.86. The van der Waals surface area contributed by atoms with Crippen LogP contribution in [0, 0.1) is 0 Å². The first kappa shape index (κ1) is 20.5. The van der Waals surface area contributed by atoms with Gasteiger partial charge < -0.3 is 20.6 Å². The molecule has 0 fully saturated rings. The SMILES string of the molecule is CCc1ccc(C(CNC(=O)NCc2ccc(C(=O)O)cc2)N(C)C)cc1. The molecule has 0 aliphatic carbocycles. The van der Waals surface area contributed by atoms with Crippen LogP contribution >= 0.6 is 0 Å². The van der Waals surface area contributed by atoms with Gasteiger partial charge in [0.2, 0.25) is 0 Å². The number of hydrogen-bond donors (Lipinski definition) is 3. The first-order valence-electron chi connectivity index (χ1n) is 9.00. The number of nitrogens with zero attached hydrogens (tertiary/aromatic N) is 1. The number of urea groups is 1. The van der Waals surface area contributed by atoms with E-state index in [9.17, 15) is 9.59 Å². The van der Waals surface area contributed by atoms with Crippen molar-refractivity contribution in [3.8, 4) is 0 Å². The molecule has 2 aromatic carbocycles. The third kappa shape index (κ3) is 6.11. The fraction of sp³-hybridized carbons (Fsp3) is 0.333. The van der Waals surface area contributed by atoms with E-state index in [-0.39, 0.29) is 17.6 Å². The summed E-state index contributed by atoms with van der Waals surface area (Å²) in [5, 5.41) is 14.6. The van der Waals surface area contributed by atoms with E-state index >= 15 is 0 Å². The molecular formula is C21H27N3O3. The van der Waals surface area contributed by atoms with Crippen molar-refractivity contribution in [1.29, 1.82) is 0 Å². The van der Waals surface area contributed by atoms with Crippen LogP contribution in [0.1, 0.15) is 40.0 Å². The van der Waals surface area contributed by atoms with Gasteiger partial charge in [-0.05, 0) is 49.3 Å². The van der Waals surface area contributed by atoms with E-state index in [2.05, 4.69) is 46.7 Å². The highest BCUT2D eigenvalue weighted by Crippen LogP contribution is 2.18. The molecule has 2 rings (SSSR count). The molecule has 1 unspecified atom stereocenters. The van der Waals surface area contributed by atoms with Crippen LogP contribution in [-0.2, 0) is 13.0 Å². The zero-order valence-corrected chi connectivity index (χ0v) is 16.0. The van der Waals surface area contributed by atoms with E-state index < -0.39 is 5.97 Å². The Morgan fingerprint density at radius 1 is 0.963 bits per heavy atom. The molecule has 0 aliphatic rings. The van der Waals surface area contributed by atoms with Gasteiger partial charge in [-0.25, -0.2) is 9.59 Å². The second kappa shape index (κ2) is 9.73. The van der Waals surface area contributed by atoms with Crippen LogP contribution in [0.5, 0.6) is 0 Å². The molecule has 0 saturated carbocycles. The number of carbonyl (C=O) groups is 2. The first-order chi connectivity index (χ1) is 12.9. The predicted molar refractivity (Wildman–Crippen MR) is 106 cm³/mol. The van der Waals surface area contributed by atoms with E-state index in [4.69, 9.17) is 5.11 Å². The summed E-state index contributed by atoms with van der Waals surface area (Å²) in [6.07, 6.45) is 1.00. The van der Waals surface area contributed by atoms with Gasteiger partial charge in [0.25, 0.3) is 0 Å². The van der Waals surface area contributed by atoms with Crippen molar-refractivity contribution in [3.05, 3.63) is 70.8 Å². The van der Waals surface area contributed by atoms with Crippen LogP contribution in [0.2, 0.25) is 0 Å². The van der Waals surface area contributed by atoms with Crippen molar-refractivity contribution in [1.82, 2.24) is 15.5 Å². The molecular weight excluding hydrogens is 342 g/mol. The normalized spacial score (nSPS) is 11.9. The topological polar surface area (TPSA) is 81.7 Å². The first-order valence-corrected chi connectivity index (χ1v) is 9.00. The average molecular weight is 369 g/mol. The van der Waals surface area contributed by atoms with E-state index in [0.29, 0.717) is 13.1 Å². The smallest absolute Gasteiger partial charge is 0.335 e. The highest BCUT2D eigenvalue weighted by molar-refractivity contribution is 5.87. The van der Waals surface area contributed by atoms with Crippen molar-refractivity contribution >= 4 is 12.0 Å². The molecule has 1 atom stereocenters. The summed E-state index contributed by atoms with van der Waals surface area (Å²) in [6.45, 7) is 2.95. The molecule has 0 bridgehead atoms. The average Bonchev–Trinajstić information content (AvgIpc) is 2.67. The van der Waals surface area contributed by atoms with E-state index in [1.54, 1.807) is 12.1 Å². The molecule has 144 valence electrons. The van der Waals surface area contributed by atoms with Crippen molar-refractivity contribution in [2.75, 3.05) is 20.6 Å². The second-order valence-corrected chi connectivity index (χ2v) is 6.64. The highest BCUT2D eigenvalue weighted by atomic mass is 16.4. The van der Waals surface area contributed by atoms with Gasteiger partial charge >= 0.3 is 12.0 Å². The quantitative estimate of drug-likeness (QED) is 0.668. The lowest BCUT2D eigenvalue weighted by Gasteiger charge is -2.25. The second-order valence-electron chi connectivity index (χ2n) is 6.64. The van der Waals surface area contributed by atoms with Gasteiger partial charge in [-0.15, -0.1) is 0 Å². The van der Waals surface area contributed by atoms with Gasteiger partial charge in [0.1, 0.15) is 0 Å². The summed E-state index contributed by atoms with van der Waals surface area (Å²) in [7, 11) is 3.98. The summed E-state index contributed by atoms with van der Waals surface area (Å²) in [6, 6.07) is 14.7. The molecule has 0 aliphatic heterocycles. The van der Waals surface area contributed by atoms with Crippen LogP contribution in [0.4, 0.5) is 4.79 Å². The maximum Gasteiger partial charge on any atom is 0.335 e. The lowest BCUT2D eigenvalue weighted by atomic mass is 10.0. The number of carboxylic acids is 1. The Bertz CT molecular complexity index is 755. The molecule has 6 nitrogen and oxygen atoms in total. The van der Waals surface area contributed by atoms with Gasteiger partial charge in [-0.3, -0.25) is 0 Å². The van der Waals surface area contributed by atoms with Gasteiger partial charge in [0, 0.05) is 13.1 Å². The lowest BCUT2D eigenvalue weighted by Crippen LogP contribution is -2.40. The van der Waals surface area contributed by atoms with E-state index in [0.717, 1.165) is 17.5 Å². The van der Waals surface area contributed by atoms with Crippen LogP contribution in [-0.4, -0.2) is 42.6 Å². The molecule has 0 heterocycles. The molecule has 3 N–H and O–H groups in total. The molecule has 0 spiro atoms. The Morgan fingerprint density at radius 2 is 1.56 bits per heavy atom. The number of hydrogen-bond acceptors (Lipinski definition) is 3. The Balaban J connectivity index is 1.86. The van der Waals surface area contributed by atoms with E-state index in [1.165, 1.54) is 17.7 Å². The number of aryl methyl sites for hydroxylation is 1. The Morgan fingerprint density at radius 3 is 2.07 bits per heavy atom. The van der Waals surface area contributed by atoms with Gasteiger partial charge in [-0.2, -0.15) is 0 Å². The zero-order valence-electron chi connectivity index (χ0n) is 16.0. The molecule has 27 heavy (non-hydrogen) atoms. The minimum atomic E-state index is -0.964. The van der Waals surface area contributed by atoms with Crippen molar-refractivity contribution < 1.29 is 14.7 Å². The summed E-state index contributed by atoms with van der Waals surface area (Å²) < 4.78 is 0. The van der Waals surface area contributed by atoms with Crippen LogP contribution in [0.25, 0.3) is 0 Å². The summed E-state index contributed by atoms with van der Waals surface area (Å²) >= 11 is 0. The van der Waals surface area contributed by atoms with Crippen molar-refractivity contribution in [3.63, 3.8) is 0 Å². The minimum Gasteiger partial charge on any atom is -0.478 e. The third-order valence-electron chi connectivity index (χ3n) is 4.51. The maximum absolute atomic E-state index is 12.1. The Kier molecular flexibility index (Phi) is 7.37. The number of carbonyl (C=O) groups excluding carboxylic acids is 1. The summed E-state index contributed by atoms with van der Waals surface area (Å²) in [5.41, 5.74) is 3.51. The van der Waals surface area contributed by atoms with E-state index in [1.807, 2.05) is 14.1 Å². The van der Waals surface area contributed by atoms with Crippen LogP contribution < -0.4 is 10.6 Å². The highest BCUT2D eigenvalue weighted by Gasteiger charge is 2.15. The summed E-state index contributed by atoms with van der Waals surface area (Å²) in [5.74, 6) is -0.964. The molecule has 2 amide bonds. The van der Waals surface area contributed by atoms with Crippen molar-refractivity contribution in [2.45, 2.75) is 25.9 Å². The summed E-state index contributed by atoms with van der Waals surface area (Å²) in [4.78, 5) is 25.0. The van der Waals surface area contributed by atoms with Gasteiger partial charge in [0.15, 0.2) is 0 Å². The molecule has 6 heteroatoms. The van der Waals surface area contributed by atoms with Crippen LogP contribution in [0.15, 0.2) is 48.5 Å². The molecule has 0 radical (unpaired) electrons. The number of benzene rings is 2. The van der Waals surface area contributed by atoms with Gasteiger partial charge in [0.05, 0.1) is 11.6 Å². The number of nitrogens with one attached hydrogen (secondary N) is 2. The molecule has 2 aromatic rings. The lowest BCUT2D eigenvalue weighted by molar-refractivity contribution is 0.0697. The monoisotopic (exact) mass is 369 g/mol. The maximum atomic E-state index is 12.1. The van der Waals surface area contributed by atoms with Crippen LogP contribution in [0.3, 0.4) is 0 Å². The third-order valence-corrected chi connectivity index (χ3v) is 4.51. The molecule has 0 saturated heterocycles. The fourth-order valence-electron chi connectivity index (χ4n) is 2.77. The number of amides is 2. The predicted octanol–water partition coefficient (Wildman–Crippen LogP) is 3.05. The van der Waals surface area contributed by atoms with Gasteiger partial charge in [-0.1, -0.05) is 43.3 Å². The zero-order chi connectivity index (χ0) is 19.8. The number of rotatable bonds is 8. The number of likely N-dealkylation sites (N-methyl/N-ethyl adjacent to an activating group) is 1. The fourth-order valence-corrected chi connectivity index (χ4v) is 2.77. The minimum absolute atomic E-state index is 0.0801. The van der Waals surface area contributed by atoms with Crippen molar-refractivity contribution in [2.24, 2.45) is 0 Å². The number of carboxylic acid groups (broad SMARTS) is 1. The Labute approximate surface area is 160 Å². The molecule has 0 aromatic heterocycles.